The van der Waals surface area contributed by atoms with Crippen LogP contribution in [0.3, 0.4) is 0 Å². The van der Waals surface area contributed by atoms with Crippen LogP contribution in [0.25, 0.3) is 0 Å². The Morgan fingerprint density at radius 3 is 1.77 bits per heavy atom. The van der Waals surface area contributed by atoms with E-state index in [4.69, 9.17) is 15.9 Å². The Hall–Kier alpha value is -5.10. The first-order valence-corrected chi connectivity index (χ1v) is 15.9. The molecule has 0 radical (unpaired) electrons. The van der Waals surface area contributed by atoms with Gasteiger partial charge in [-0.3, -0.25) is 14.5 Å². The highest BCUT2D eigenvalue weighted by Crippen LogP contribution is 2.27. The van der Waals surface area contributed by atoms with Crippen molar-refractivity contribution < 1.29 is 28.7 Å². The number of terminal acetylenes is 1. The first kappa shape index (κ1) is 37.4. The van der Waals surface area contributed by atoms with Crippen molar-refractivity contribution in [1.29, 1.82) is 0 Å². The number of nitrogens with one attached hydrogen (secondary N) is 2. The molecule has 9 heteroatoms. The minimum absolute atomic E-state index is 0.0762. The monoisotopic (exact) mass is 653 g/mol. The van der Waals surface area contributed by atoms with Crippen LogP contribution in [0.2, 0.25) is 0 Å². The molecule has 0 fully saturated rings. The van der Waals surface area contributed by atoms with Gasteiger partial charge in [-0.2, -0.15) is 0 Å². The highest BCUT2D eigenvalue weighted by Gasteiger charge is 2.39. The average Bonchev–Trinajstić information content (AvgIpc) is 2.99. The number of carbonyl (C=O) groups is 4. The maximum Gasteiger partial charge on any atom is 0.408 e. The van der Waals surface area contributed by atoms with Gasteiger partial charge in [-0.05, 0) is 77.6 Å². The summed E-state index contributed by atoms with van der Waals surface area (Å²) in [6.45, 7) is 14.0. The predicted octanol–water partition coefficient (Wildman–Crippen LogP) is 5.97. The van der Waals surface area contributed by atoms with Crippen molar-refractivity contribution >= 4 is 23.9 Å². The molecule has 0 saturated carbocycles. The molecular weight excluding hydrogens is 606 g/mol. The van der Waals surface area contributed by atoms with E-state index >= 15 is 0 Å². The minimum Gasteiger partial charge on any atom is -0.458 e. The quantitative estimate of drug-likeness (QED) is 0.150. The number of benzene rings is 3. The fraction of sp³-hybridized carbons (Fsp3) is 0.385. The van der Waals surface area contributed by atoms with Crippen molar-refractivity contribution in [2.75, 3.05) is 0 Å². The smallest absolute Gasteiger partial charge is 0.408 e. The Balaban J connectivity index is 2.09. The Bertz CT molecular complexity index is 1620. The standard InChI is InChI=1S/C39H47N3O6/c1-10-42(35(44)31(24-28-17-13-11-14-18-28)41-37(46)48-39(7,8)9)33(30-23-26(2)21-22-27(30)3)34(43)40-32(36(45)47-38(4,5)6)25-29-19-15-12-16-20-29/h1,11-23,31-33H,24-25H2,2-9H3,(H,40,43)(H,41,46). The van der Waals surface area contributed by atoms with Crippen LogP contribution in [0.4, 0.5) is 4.79 Å². The fourth-order valence-electron chi connectivity index (χ4n) is 5.05. The third-order valence-electron chi connectivity index (χ3n) is 7.17. The predicted molar refractivity (Wildman–Crippen MR) is 186 cm³/mol. The third-order valence-corrected chi connectivity index (χ3v) is 7.17. The number of rotatable bonds is 11. The normalized spacial score (nSPS) is 13.2. The molecule has 0 spiro atoms. The van der Waals surface area contributed by atoms with Gasteiger partial charge in [0.2, 0.25) is 5.91 Å². The van der Waals surface area contributed by atoms with Crippen LogP contribution < -0.4 is 10.6 Å². The average molecular weight is 654 g/mol. The van der Waals surface area contributed by atoms with Crippen molar-refractivity contribution in [1.82, 2.24) is 15.5 Å². The van der Waals surface area contributed by atoms with Gasteiger partial charge >= 0.3 is 12.1 Å². The second-order valence-corrected chi connectivity index (χ2v) is 13.8. The lowest BCUT2D eigenvalue weighted by molar-refractivity contribution is -0.159. The summed E-state index contributed by atoms with van der Waals surface area (Å²) < 4.78 is 11.2. The van der Waals surface area contributed by atoms with E-state index in [1.807, 2.05) is 86.6 Å². The van der Waals surface area contributed by atoms with Crippen LogP contribution in [0.15, 0.2) is 78.9 Å². The minimum atomic E-state index is -1.36. The van der Waals surface area contributed by atoms with E-state index in [0.29, 0.717) is 11.1 Å². The Labute approximate surface area is 284 Å². The van der Waals surface area contributed by atoms with Crippen LogP contribution >= 0.6 is 0 Å². The molecule has 0 bridgehead atoms. The van der Waals surface area contributed by atoms with Crippen molar-refractivity contribution in [3.63, 3.8) is 0 Å². The van der Waals surface area contributed by atoms with Gasteiger partial charge in [0.25, 0.3) is 5.91 Å². The molecule has 3 unspecified atom stereocenters. The molecule has 0 aliphatic rings. The van der Waals surface area contributed by atoms with E-state index < -0.39 is 53.2 Å². The maximum absolute atomic E-state index is 14.5. The largest absolute Gasteiger partial charge is 0.458 e. The first-order valence-electron chi connectivity index (χ1n) is 15.9. The summed E-state index contributed by atoms with van der Waals surface area (Å²) in [6, 6.07) is 22.6. The Kier molecular flexibility index (Phi) is 12.6. The molecule has 0 aliphatic heterocycles. The van der Waals surface area contributed by atoms with E-state index in [1.165, 1.54) is 0 Å². The number of nitrogens with zero attached hydrogens (tertiary/aromatic N) is 1. The van der Waals surface area contributed by atoms with Gasteiger partial charge in [0.05, 0.1) is 0 Å². The second-order valence-electron chi connectivity index (χ2n) is 13.8. The van der Waals surface area contributed by atoms with Crippen molar-refractivity contribution in [2.24, 2.45) is 0 Å². The molecule has 254 valence electrons. The zero-order chi connectivity index (χ0) is 35.6. The van der Waals surface area contributed by atoms with Crippen LogP contribution in [0.1, 0.15) is 75.4 Å². The number of aryl methyl sites for hydroxylation is 2. The molecule has 3 rings (SSSR count). The molecular formula is C39H47N3O6. The molecule has 0 saturated heterocycles. The SMILES string of the molecule is C#CN(C(=O)C(Cc1ccccc1)NC(=O)OC(C)(C)C)C(C(=O)NC(Cc1ccccc1)C(=O)OC(C)(C)C)c1cc(C)ccc1C. The van der Waals surface area contributed by atoms with E-state index in [2.05, 4.69) is 16.7 Å². The molecule has 0 heterocycles. The van der Waals surface area contributed by atoms with Gasteiger partial charge in [-0.25, -0.2) is 9.59 Å². The van der Waals surface area contributed by atoms with Crippen LogP contribution in [-0.4, -0.2) is 52.1 Å². The topological polar surface area (TPSA) is 114 Å². The van der Waals surface area contributed by atoms with Crippen LogP contribution in [-0.2, 0) is 36.7 Å². The number of ether oxygens (including phenoxy) is 2. The molecule has 3 aromatic rings. The molecule has 3 amide bonds. The van der Waals surface area contributed by atoms with Crippen LogP contribution in [0.5, 0.6) is 0 Å². The lowest BCUT2D eigenvalue weighted by Gasteiger charge is -2.32. The number of hydrogen-bond donors (Lipinski definition) is 2. The molecule has 48 heavy (non-hydrogen) atoms. The van der Waals surface area contributed by atoms with Gasteiger partial charge in [0.1, 0.15) is 29.3 Å². The van der Waals surface area contributed by atoms with E-state index in [9.17, 15) is 19.2 Å². The Morgan fingerprint density at radius 1 is 0.750 bits per heavy atom. The highest BCUT2D eigenvalue weighted by atomic mass is 16.6. The summed E-state index contributed by atoms with van der Waals surface area (Å²) in [7, 11) is 0. The van der Waals surface area contributed by atoms with Crippen LogP contribution in [0, 0.1) is 26.3 Å². The number of alkyl carbamates (subject to hydrolysis) is 1. The van der Waals surface area contributed by atoms with Gasteiger partial charge in [0, 0.05) is 18.9 Å². The number of amides is 3. The lowest BCUT2D eigenvalue weighted by atomic mass is 9.95. The van der Waals surface area contributed by atoms with E-state index in [-0.39, 0.29) is 12.8 Å². The fourth-order valence-corrected chi connectivity index (χ4v) is 5.05. The third kappa shape index (κ3) is 11.3. The molecule has 9 nitrogen and oxygen atoms in total. The summed E-state index contributed by atoms with van der Waals surface area (Å²) in [4.78, 5) is 56.3. The molecule has 0 aliphatic carbocycles. The van der Waals surface area contributed by atoms with Crippen molar-refractivity contribution in [2.45, 2.75) is 97.6 Å². The van der Waals surface area contributed by atoms with E-state index in [1.54, 1.807) is 47.6 Å². The Morgan fingerprint density at radius 2 is 1.27 bits per heavy atom. The van der Waals surface area contributed by atoms with Crippen molar-refractivity contribution in [3.8, 4) is 12.5 Å². The summed E-state index contributed by atoms with van der Waals surface area (Å²) in [5, 5.41) is 5.52. The van der Waals surface area contributed by atoms with Crippen molar-refractivity contribution in [3.05, 3.63) is 107 Å². The van der Waals surface area contributed by atoms with Gasteiger partial charge in [0.15, 0.2) is 0 Å². The zero-order valence-corrected chi connectivity index (χ0v) is 29.1. The second kappa shape index (κ2) is 16.1. The highest BCUT2D eigenvalue weighted by molar-refractivity contribution is 5.95. The summed E-state index contributed by atoms with van der Waals surface area (Å²) in [5.74, 6) is -2.02. The van der Waals surface area contributed by atoms with Gasteiger partial charge in [-0.1, -0.05) is 90.8 Å². The maximum atomic E-state index is 14.5. The molecule has 0 aromatic heterocycles. The summed E-state index contributed by atoms with van der Waals surface area (Å²) >= 11 is 0. The van der Waals surface area contributed by atoms with E-state index in [0.717, 1.165) is 21.6 Å². The van der Waals surface area contributed by atoms with Gasteiger partial charge in [-0.15, -0.1) is 0 Å². The summed E-state index contributed by atoms with van der Waals surface area (Å²) in [5.41, 5.74) is 1.91. The molecule has 2 N–H and O–H groups in total. The first-order chi connectivity index (χ1) is 22.5. The van der Waals surface area contributed by atoms with Gasteiger partial charge < -0.3 is 20.1 Å². The molecule has 3 atom stereocenters. The lowest BCUT2D eigenvalue weighted by Crippen LogP contribution is -2.54. The number of esters is 1. The zero-order valence-electron chi connectivity index (χ0n) is 29.1. The summed E-state index contributed by atoms with van der Waals surface area (Å²) in [6.07, 6.45) is 5.44. The number of hydrogen-bond acceptors (Lipinski definition) is 6. The number of carbonyl (C=O) groups excluding carboxylic acids is 4. The molecule has 3 aromatic carbocycles.